The number of hydrogen-bond donors (Lipinski definition) is 2. The Balaban J connectivity index is 0.000000118. The fraction of sp³-hybridized carbons (Fsp3) is 0.222. The number of para-hydroxylation sites is 8. The van der Waals surface area contributed by atoms with E-state index in [0.717, 1.165) is 125 Å². The van der Waals surface area contributed by atoms with Crippen molar-refractivity contribution >= 4 is 177 Å². The molecule has 12 aromatic rings. The van der Waals surface area contributed by atoms with Crippen molar-refractivity contribution in [3.63, 3.8) is 0 Å². The minimum absolute atomic E-state index is 0.00680. The lowest BCUT2D eigenvalue weighted by Gasteiger charge is -2.29. The predicted octanol–water partition coefficient (Wildman–Crippen LogP) is 15.3. The van der Waals surface area contributed by atoms with Crippen molar-refractivity contribution in [2.24, 2.45) is 0 Å². The fourth-order valence-electron chi connectivity index (χ4n) is 11.4. The minimum atomic E-state index is -3.76. The fourth-order valence-corrected chi connectivity index (χ4v) is 19.9. The van der Waals surface area contributed by atoms with Crippen molar-refractivity contribution in [3.8, 4) is 0 Å². The summed E-state index contributed by atoms with van der Waals surface area (Å²) < 4.78 is 44.3. The van der Waals surface area contributed by atoms with Gasteiger partial charge in [-0.05, 0) is 146 Å². The number of carboxylic acid groups (broad SMARTS) is 1. The van der Waals surface area contributed by atoms with Gasteiger partial charge in [-0.15, -0.1) is 45.3 Å². The SMILES string of the molecule is O=C(CS(=O)(=O)c1nc2ccccc2s1)N1CCCc2ccccc21.O=C(CS(=O)c1nc2ccccc2s1)N1CCCc2ccccc21.O=C(CSc1nc2ccccc2s1)N1CCCc2ccccc21.O=C(O)CSc1nc2ccccc2s1.c1ccc2c(c1)CCCN2. The number of nitrogens with zero attached hydrogens (tertiary/aromatic N) is 7. The maximum atomic E-state index is 12.7. The van der Waals surface area contributed by atoms with Crippen molar-refractivity contribution in [1.29, 1.82) is 0 Å². The van der Waals surface area contributed by atoms with Crippen molar-refractivity contribution < 1.29 is 36.9 Å². The molecule has 1 unspecified atom stereocenters. The van der Waals surface area contributed by atoms with Crippen LogP contribution in [0.2, 0.25) is 0 Å². The molecule has 24 heteroatoms. The lowest BCUT2D eigenvalue weighted by Crippen LogP contribution is -2.39. The number of carboxylic acids is 1. The second-order valence-electron chi connectivity index (χ2n) is 22.5. The lowest BCUT2D eigenvalue weighted by atomic mass is 10.0. The van der Waals surface area contributed by atoms with E-state index in [4.69, 9.17) is 5.11 Å². The third-order valence-corrected chi connectivity index (χ3v) is 26.0. The summed E-state index contributed by atoms with van der Waals surface area (Å²) in [5, 5.41) is 11.9. The molecule has 0 radical (unpaired) electrons. The van der Waals surface area contributed by atoms with Gasteiger partial charge < -0.3 is 25.1 Å². The van der Waals surface area contributed by atoms with E-state index in [1.165, 1.54) is 86.1 Å². The molecule has 4 aliphatic heterocycles. The van der Waals surface area contributed by atoms with Gasteiger partial charge in [-0.3, -0.25) is 23.4 Å². The van der Waals surface area contributed by atoms with Gasteiger partial charge in [0.15, 0.2) is 13.0 Å². The molecule has 490 valence electrons. The number of rotatable bonds is 12. The zero-order chi connectivity index (χ0) is 66.4. The minimum Gasteiger partial charge on any atom is -0.481 e. The van der Waals surface area contributed by atoms with Crippen LogP contribution < -0.4 is 20.0 Å². The molecular formula is C72H66N8O8S8. The van der Waals surface area contributed by atoms with Gasteiger partial charge in [-0.25, -0.2) is 28.4 Å². The Morgan fingerprint density at radius 2 is 0.865 bits per heavy atom. The Bertz CT molecular complexity index is 4740. The van der Waals surface area contributed by atoms with Crippen LogP contribution in [-0.4, -0.2) is 111 Å². The molecule has 0 bridgehead atoms. The van der Waals surface area contributed by atoms with Crippen LogP contribution in [0.25, 0.3) is 40.9 Å². The van der Waals surface area contributed by atoms with E-state index in [9.17, 15) is 31.8 Å². The maximum Gasteiger partial charge on any atom is 0.313 e. The van der Waals surface area contributed by atoms with E-state index in [2.05, 4.69) is 73.8 Å². The first-order valence-corrected chi connectivity index (χ1v) is 39.5. The number of anilines is 4. The van der Waals surface area contributed by atoms with Gasteiger partial charge in [0.25, 0.3) is 0 Å². The number of fused-ring (bicyclic) bond motifs is 8. The highest BCUT2D eigenvalue weighted by Gasteiger charge is 2.30. The normalized spacial score (nSPS) is 14.1. The van der Waals surface area contributed by atoms with E-state index in [0.29, 0.717) is 28.7 Å². The summed E-state index contributed by atoms with van der Waals surface area (Å²) in [6.45, 7) is 3.19. The maximum absolute atomic E-state index is 12.7. The summed E-state index contributed by atoms with van der Waals surface area (Å²) in [6, 6.07) is 63.2. The van der Waals surface area contributed by atoms with E-state index < -0.39 is 38.3 Å². The predicted molar refractivity (Wildman–Crippen MR) is 395 cm³/mol. The topological polar surface area (TPSA) is 213 Å². The Kier molecular flexibility index (Phi) is 22.8. The number of nitrogens with one attached hydrogen (secondary N) is 1. The monoisotopic (exact) mass is 1430 g/mol. The molecule has 0 saturated heterocycles. The van der Waals surface area contributed by atoms with Crippen molar-refractivity contribution in [1.82, 2.24) is 19.9 Å². The molecule has 16 nitrogen and oxygen atoms in total. The average Bonchev–Trinajstić information content (AvgIpc) is 1.33. The molecule has 3 amide bonds. The van der Waals surface area contributed by atoms with Crippen molar-refractivity contribution in [3.05, 3.63) is 216 Å². The van der Waals surface area contributed by atoms with Gasteiger partial charge in [0.2, 0.25) is 31.9 Å². The Morgan fingerprint density at radius 3 is 1.35 bits per heavy atom. The Hall–Kier alpha value is -8.20. The van der Waals surface area contributed by atoms with Crippen LogP contribution in [0.5, 0.6) is 0 Å². The first-order valence-electron chi connectivity index (χ1n) is 31.3. The summed E-state index contributed by atoms with van der Waals surface area (Å²) >= 11 is 8.49. The second-order valence-corrected chi connectivity index (χ2v) is 32.9. The van der Waals surface area contributed by atoms with Gasteiger partial charge in [0.05, 0.1) is 63.2 Å². The molecule has 0 aliphatic carbocycles. The summed E-state index contributed by atoms with van der Waals surface area (Å²) in [7, 11) is -5.17. The lowest BCUT2D eigenvalue weighted by molar-refractivity contribution is -0.134. The van der Waals surface area contributed by atoms with Crippen molar-refractivity contribution in [2.45, 2.75) is 68.7 Å². The second kappa shape index (κ2) is 32.2. The van der Waals surface area contributed by atoms with Gasteiger partial charge in [0, 0.05) is 48.9 Å². The number of sulfone groups is 1. The van der Waals surface area contributed by atoms with Gasteiger partial charge in [-0.2, -0.15) is 0 Å². The third-order valence-electron chi connectivity index (χ3n) is 16.0. The van der Waals surface area contributed by atoms with E-state index in [1.807, 2.05) is 144 Å². The van der Waals surface area contributed by atoms with Crippen LogP contribution in [0.1, 0.15) is 47.9 Å². The molecule has 0 saturated carbocycles. The molecule has 0 spiro atoms. The number of thioether (sulfide) groups is 2. The molecule has 0 fully saturated rings. The standard InChI is InChI=1S/C18H16N2O3S2.C18H16N2O2S2.C18H16N2OS2.C9H7NO2S2.C9H11N/c21-17(20-11-5-7-13-6-1-3-9-15(13)20)12-25(22,23)18-19-14-8-2-4-10-16(14)24-18;21-17(20-11-5-7-13-6-1-3-9-15(13)20)12-24(22)18-19-14-8-2-4-10-16(14)23-18;21-17(20-11-5-7-13-6-1-3-9-15(13)20)12-22-18-19-14-8-2-4-10-16(14)23-18;11-8(12)5-13-9-10-6-3-1-2-4-7(6)14-9;1-2-6-9-8(4-1)5-3-7-10-9/h1-4,6,8-10H,5,7,11-12H2;1-4,6,8-10H,5,7,11-12H2;1-4,6,8-10H,5,7,11-12H2;1-4H,5H2,(H,11,12);1-2,4,6,10H,3,5,7H2. The zero-order valence-corrected chi connectivity index (χ0v) is 58.5. The number of hydrogen-bond acceptors (Lipinski definition) is 18. The van der Waals surface area contributed by atoms with Crippen LogP contribution >= 0.6 is 68.9 Å². The highest BCUT2D eigenvalue weighted by molar-refractivity contribution is 8.02. The number of thiazole rings is 4. The van der Waals surface area contributed by atoms with Gasteiger partial charge in [-0.1, -0.05) is 145 Å². The van der Waals surface area contributed by atoms with Crippen LogP contribution in [0.15, 0.2) is 211 Å². The number of amides is 3. The molecule has 4 aromatic heterocycles. The number of aliphatic carboxylic acids is 1. The molecule has 8 aromatic carbocycles. The number of benzene rings is 8. The Labute approximate surface area is 583 Å². The number of carbonyl (C=O) groups excluding carboxylic acids is 3. The zero-order valence-electron chi connectivity index (χ0n) is 52.0. The summed E-state index contributed by atoms with van der Waals surface area (Å²) in [5.41, 5.74) is 12.6. The summed E-state index contributed by atoms with van der Waals surface area (Å²) in [4.78, 5) is 71.1. The smallest absolute Gasteiger partial charge is 0.313 e. The molecule has 1 atom stereocenters. The van der Waals surface area contributed by atoms with Gasteiger partial charge in [0.1, 0.15) is 11.5 Å². The highest BCUT2D eigenvalue weighted by Crippen LogP contribution is 2.35. The van der Waals surface area contributed by atoms with Crippen molar-refractivity contribution in [2.75, 3.05) is 69.2 Å². The van der Waals surface area contributed by atoms with E-state index in [-0.39, 0.29) is 27.7 Å². The number of carbonyl (C=O) groups is 4. The van der Waals surface area contributed by atoms with Crippen LogP contribution in [0, 0.1) is 0 Å². The third kappa shape index (κ3) is 17.1. The first-order chi connectivity index (χ1) is 46.8. The average molecular weight is 1430 g/mol. The number of aromatic nitrogens is 4. The largest absolute Gasteiger partial charge is 0.481 e. The van der Waals surface area contributed by atoms with E-state index in [1.54, 1.807) is 27.2 Å². The van der Waals surface area contributed by atoms with Crippen LogP contribution in [-0.2, 0) is 65.5 Å². The van der Waals surface area contributed by atoms with Crippen LogP contribution in [0.3, 0.4) is 0 Å². The molecular weight excluding hydrogens is 1360 g/mol. The van der Waals surface area contributed by atoms with E-state index >= 15 is 0 Å². The molecule has 4 aliphatic rings. The molecule has 8 heterocycles. The molecule has 16 rings (SSSR count). The molecule has 2 N–H and O–H groups in total. The highest BCUT2D eigenvalue weighted by atomic mass is 32.2. The van der Waals surface area contributed by atoms with Gasteiger partial charge >= 0.3 is 5.97 Å². The van der Waals surface area contributed by atoms with Crippen LogP contribution in [0.4, 0.5) is 22.7 Å². The summed E-state index contributed by atoms with van der Waals surface area (Å²) in [5.74, 6) is -1.20. The number of aryl methyl sites for hydroxylation is 4. The summed E-state index contributed by atoms with van der Waals surface area (Å²) in [6.07, 6.45) is 8.28. The molecule has 96 heavy (non-hydrogen) atoms. The quantitative estimate of drug-likeness (QED) is 0.109. The Morgan fingerprint density at radius 1 is 0.458 bits per heavy atom. The first kappa shape index (κ1) is 67.8.